The van der Waals surface area contributed by atoms with Gasteiger partial charge < -0.3 is 9.73 Å². The first kappa shape index (κ1) is 13.6. The molecule has 23 heavy (non-hydrogen) atoms. The van der Waals surface area contributed by atoms with Gasteiger partial charge in [-0.2, -0.15) is 0 Å². The summed E-state index contributed by atoms with van der Waals surface area (Å²) in [5.41, 5.74) is 2.43. The van der Waals surface area contributed by atoms with Gasteiger partial charge in [0.2, 0.25) is 11.8 Å². The van der Waals surface area contributed by atoms with Crippen LogP contribution >= 0.6 is 0 Å². The molecule has 0 unspecified atom stereocenters. The normalized spacial score (nSPS) is 13.7. The molecular weight excluding hydrogens is 292 g/mol. The van der Waals surface area contributed by atoms with Crippen molar-refractivity contribution < 1.29 is 9.21 Å². The highest BCUT2D eigenvalue weighted by molar-refractivity contribution is 5.94. The molecule has 0 aliphatic heterocycles. The standard InChI is InChI=1S/C17H14N4O2/c22-16(12-1-2-12)21-14-4-3-13(11-5-7-18-8-6-11)15(20-14)17-19-9-10-23-17/h3-10,12H,1-2H2,(H,20,21,22). The van der Waals surface area contributed by atoms with E-state index in [0.29, 0.717) is 17.4 Å². The lowest BCUT2D eigenvalue weighted by Crippen LogP contribution is -2.14. The van der Waals surface area contributed by atoms with Crippen LogP contribution in [0.3, 0.4) is 0 Å². The molecule has 0 bridgehead atoms. The zero-order valence-electron chi connectivity index (χ0n) is 12.3. The molecule has 3 aromatic heterocycles. The van der Waals surface area contributed by atoms with E-state index in [0.717, 1.165) is 24.0 Å². The summed E-state index contributed by atoms with van der Waals surface area (Å²) in [7, 11) is 0. The van der Waals surface area contributed by atoms with Gasteiger partial charge in [0.15, 0.2) is 0 Å². The van der Waals surface area contributed by atoms with E-state index >= 15 is 0 Å². The highest BCUT2D eigenvalue weighted by atomic mass is 16.3. The molecule has 1 fully saturated rings. The molecule has 1 aliphatic carbocycles. The maximum atomic E-state index is 11.9. The molecule has 3 aromatic rings. The van der Waals surface area contributed by atoms with Gasteiger partial charge in [0.05, 0.1) is 6.20 Å². The van der Waals surface area contributed by atoms with Crippen molar-refractivity contribution in [3.05, 3.63) is 49.1 Å². The molecule has 3 heterocycles. The lowest BCUT2D eigenvalue weighted by atomic mass is 10.1. The van der Waals surface area contributed by atoms with Crippen LogP contribution in [0.5, 0.6) is 0 Å². The first-order valence-corrected chi connectivity index (χ1v) is 7.43. The van der Waals surface area contributed by atoms with E-state index in [1.54, 1.807) is 24.7 Å². The molecule has 114 valence electrons. The van der Waals surface area contributed by atoms with E-state index in [1.165, 1.54) is 6.26 Å². The number of hydrogen-bond donors (Lipinski definition) is 1. The minimum Gasteiger partial charge on any atom is -0.443 e. The van der Waals surface area contributed by atoms with Crippen LogP contribution in [0.25, 0.3) is 22.7 Å². The summed E-state index contributed by atoms with van der Waals surface area (Å²) in [6, 6.07) is 7.49. The first-order valence-electron chi connectivity index (χ1n) is 7.43. The summed E-state index contributed by atoms with van der Waals surface area (Å²) in [6.45, 7) is 0. The van der Waals surface area contributed by atoms with Crippen molar-refractivity contribution in [2.75, 3.05) is 5.32 Å². The van der Waals surface area contributed by atoms with Crippen LogP contribution in [-0.4, -0.2) is 20.9 Å². The van der Waals surface area contributed by atoms with Crippen LogP contribution in [0.2, 0.25) is 0 Å². The number of anilines is 1. The Hall–Kier alpha value is -3.02. The van der Waals surface area contributed by atoms with Gasteiger partial charge in [0.1, 0.15) is 17.8 Å². The highest BCUT2D eigenvalue weighted by Gasteiger charge is 2.30. The quantitative estimate of drug-likeness (QED) is 0.800. The second-order valence-electron chi connectivity index (χ2n) is 5.43. The lowest BCUT2D eigenvalue weighted by Gasteiger charge is -2.09. The average molecular weight is 306 g/mol. The van der Waals surface area contributed by atoms with Crippen molar-refractivity contribution in [3.63, 3.8) is 0 Å². The highest BCUT2D eigenvalue weighted by Crippen LogP contribution is 2.32. The molecule has 1 amide bonds. The number of oxazole rings is 1. The molecule has 0 aromatic carbocycles. The van der Waals surface area contributed by atoms with Crippen molar-refractivity contribution in [2.24, 2.45) is 5.92 Å². The Bertz CT molecular complexity index is 827. The molecule has 1 N–H and O–H groups in total. The third-order valence-electron chi connectivity index (χ3n) is 3.72. The largest absolute Gasteiger partial charge is 0.443 e. The smallest absolute Gasteiger partial charge is 0.245 e. The van der Waals surface area contributed by atoms with Gasteiger partial charge in [0, 0.05) is 23.9 Å². The molecule has 1 aliphatic rings. The summed E-state index contributed by atoms with van der Waals surface area (Å²) < 4.78 is 5.40. The zero-order valence-corrected chi connectivity index (χ0v) is 12.3. The van der Waals surface area contributed by atoms with Gasteiger partial charge in [-0.15, -0.1) is 0 Å². The van der Waals surface area contributed by atoms with Crippen LogP contribution < -0.4 is 5.32 Å². The maximum Gasteiger partial charge on any atom is 0.245 e. The number of carbonyl (C=O) groups is 1. The van der Waals surface area contributed by atoms with Crippen molar-refractivity contribution in [1.29, 1.82) is 0 Å². The number of carbonyl (C=O) groups excluding carboxylic acids is 1. The van der Waals surface area contributed by atoms with Crippen LogP contribution in [0.1, 0.15) is 12.8 Å². The second-order valence-corrected chi connectivity index (χ2v) is 5.43. The molecule has 1 saturated carbocycles. The lowest BCUT2D eigenvalue weighted by molar-refractivity contribution is -0.117. The first-order chi connectivity index (χ1) is 11.3. The predicted molar refractivity (Wildman–Crippen MR) is 84.3 cm³/mol. The van der Waals surface area contributed by atoms with Crippen LogP contribution in [0.15, 0.2) is 53.5 Å². The summed E-state index contributed by atoms with van der Waals surface area (Å²) in [5, 5.41) is 2.85. The SMILES string of the molecule is O=C(Nc1ccc(-c2ccncc2)c(-c2ncco2)n1)C1CC1. The summed E-state index contributed by atoms with van der Waals surface area (Å²) in [4.78, 5) is 24.7. The van der Waals surface area contributed by atoms with Crippen LogP contribution in [0, 0.1) is 5.92 Å². The summed E-state index contributed by atoms with van der Waals surface area (Å²) in [6.07, 6.45) is 8.42. The summed E-state index contributed by atoms with van der Waals surface area (Å²) >= 11 is 0. The Morgan fingerprint density at radius 1 is 1.13 bits per heavy atom. The molecule has 0 atom stereocenters. The Kier molecular flexibility index (Phi) is 3.34. The number of nitrogens with one attached hydrogen (secondary N) is 1. The minimum absolute atomic E-state index is 0.0208. The van der Waals surface area contributed by atoms with Gasteiger partial charge in [-0.25, -0.2) is 9.97 Å². The van der Waals surface area contributed by atoms with Gasteiger partial charge >= 0.3 is 0 Å². The monoisotopic (exact) mass is 306 g/mol. The third-order valence-corrected chi connectivity index (χ3v) is 3.72. The van der Waals surface area contributed by atoms with E-state index in [-0.39, 0.29) is 11.8 Å². The Morgan fingerprint density at radius 3 is 2.65 bits per heavy atom. The number of nitrogens with zero attached hydrogens (tertiary/aromatic N) is 3. The Morgan fingerprint density at radius 2 is 1.96 bits per heavy atom. The number of hydrogen-bond acceptors (Lipinski definition) is 5. The van der Waals surface area contributed by atoms with Crippen molar-refractivity contribution in [3.8, 4) is 22.7 Å². The number of amides is 1. The molecule has 0 radical (unpaired) electrons. The average Bonchev–Trinajstić information content (AvgIpc) is 3.31. The van der Waals surface area contributed by atoms with Gasteiger partial charge in [-0.05, 0) is 42.7 Å². The van der Waals surface area contributed by atoms with Gasteiger partial charge in [0.25, 0.3) is 0 Å². The topological polar surface area (TPSA) is 80.9 Å². The fourth-order valence-corrected chi connectivity index (χ4v) is 2.37. The predicted octanol–water partition coefficient (Wildman–Crippen LogP) is 3.15. The van der Waals surface area contributed by atoms with Crippen LogP contribution in [0.4, 0.5) is 5.82 Å². The summed E-state index contributed by atoms with van der Waals surface area (Å²) in [5.74, 6) is 1.07. The fraction of sp³-hybridized carbons (Fsp3) is 0.176. The van der Waals surface area contributed by atoms with E-state index < -0.39 is 0 Å². The second kappa shape index (κ2) is 5.64. The number of aromatic nitrogens is 3. The maximum absolute atomic E-state index is 11.9. The molecule has 0 saturated heterocycles. The zero-order chi connectivity index (χ0) is 15.6. The van der Waals surface area contributed by atoms with E-state index in [9.17, 15) is 4.79 Å². The minimum atomic E-state index is 0.0208. The van der Waals surface area contributed by atoms with E-state index in [4.69, 9.17) is 4.42 Å². The third kappa shape index (κ3) is 2.83. The number of pyridine rings is 2. The van der Waals surface area contributed by atoms with Crippen molar-refractivity contribution in [2.45, 2.75) is 12.8 Å². The van der Waals surface area contributed by atoms with Gasteiger partial charge in [-0.3, -0.25) is 9.78 Å². The molecule has 6 heteroatoms. The van der Waals surface area contributed by atoms with E-state index in [1.807, 2.05) is 18.2 Å². The molecular formula is C17H14N4O2. The van der Waals surface area contributed by atoms with E-state index in [2.05, 4.69) is 20.3 Å². The van der Waals surface area contributed by atoms with Gasteiger partial charge in [-0.1, -0.05) is 0 Å². The molecule has 6 nitrogen and oxygen atoms in total. The fourth-order valence-electron chi connectivity index (χ4n) is 2.37. The van der Waals surface area contributed by atoms with Crippen LogP contribution in [-0.2, 0) is 4.79 Å². The molecule has 4 rings (SSSR count). The van der Waals surface area contributed by atoms with Crippen molar-refractivity contribution >= 4 is 11.7 Å². The number of rotatable bonds is 4. The Labute approximate surface area is 132 Å². The van der Waals surface area contributed by atoms with Crippen molar-refractivity contribution in [1.82, 2.24) is 15.0 Å². The molecule has 0 spiro atoms. The Balaban J connectivity index is 1.75.